The van der Waals surface area contributed by atoms with Gasteiger partial charge in [0, 0.05) is 13.3 Å². The molecule has 0 aromatic heterocycles. The first-order chi connectivity index (χ1) is 6.88. The van der Waals surface area contributed by atoms with E-state index in [0.29, 0.717) is 6.42 Å². The van der Waals surface area contributed by atoms with Gasteiger partial charge in [-0.2, -0.15) is 0 Å². The van der Waals surface area contributed by atoms with Crippen LogP contribution in [0.4, 0.5) is 0 Å². The van der Waals surface area contributed by atoms with E-state index in [1.54, 1.807) is 0 Å². The van der Waals surface area contributed by atoms with Gasteiger partial charge in [0.2, 0.25) is 0 Å². The molecular weight excluding hydrogens is 198 g/mol. The average Bonchev–Trinajstić information content (AvgIpc) is 2.15. The molecule has 0 aliphatic heterocycles. The number of carbonyl (C=O) groups is 3. The highest BCUT2D eigenvalue weighted by atomic mass is 16.4. The molecule has 0 radical (unpaired) electrons. The van der Waals surface area contributed by atoms with Gasteiger partial charge in [0.1, 0.15) is 6.04 Å². The maximum absolute atomic E-state index is 11.1. The van der Waals surface area contributed by atoms with Crippen molar-refractivity contribution in [2.24, 2.45) is 11.7 Å². The number of Topliss-reactive ketones (excluding diaryl/α,β-unsaturated/α-hetero) is 2. The summed E-state index contributed by atoms with van der Waals surface area (Å²) in [4.78, 5) is 32.3. The van der Waals surface area contributed by atoms with Crippen molar-refractivity contribution in [3.05, 3.63) is 0 Å². The third-order valence-corrected chi connectivity index (χ3v) is 2.35. The molecule has 0 aromatic carbocycles. The van der Waals surface area contributed by atoms with E-state index in [2.05, 4.69) is 0 Å². The second-order valence-corrected chi connectivity index (χ2v) is 3.64. The second kappa shape index (κ2) is 6.29. The summed E-state index contributed by atoms with van der Waals surface area (Å²) in [6, 6.07) is -0.963. The van der Waals surface area contributed by atoms with Crippen molar-refractivity contribution in [2.75, 3.05) is 0 Å². The molecule has 0 saturated heterocycles. The highest BCUT2D eigenvalue weighted by Crippen LogP contribution is 2.15. The van der Waals surface area contributed by atoms with Gasteiger partial charge >= 0.3 is 5.97 Å². The van der Waals surface area contributed by atoms with Crippen LogP contribution in [0.15, 0.2) is 0 Å². The summed E-state index contributed by atoms with van der Waals surface area (Å²) in [5.41, 5.74) is 5.35. The lowest BCUT2D eigenvalue weighted by Gasteiger charge is -2.15. The third-order valence-electron chi connectivity index (χ3n) is 2.35. The van der Waals surface area contributed by atoms with E-state index in [9.17, 15) is 14.4 Å². The topological polar surface area (TPSA) is 97.5 Å². The molecule has 0 saturated carbocycles. The molecule has 2 unspecified atom stereocenters. The zero-order chi connectivity index (χ0) is 12.0. The Morgan fingerprint density at radius 2 is 1.87 bits per heavy atom. The van der Waals surface area contributed by atoms with Gasteiger partial charge in [-0.05, 0) is 12.3 Å². The van der Waals surface area contributed by atoms with Crippen molar-refractivity contribution in [1.29, 1.82) is 0 Å². The van der Waals surface area contributed by atoms with Crippen LogP contribution in [0.2, 0.25) is 0 Å². The van der Waals surface area contributed by atoms with Crippen molar-refractivity contribution in [3.8, 4) is 0 Å². The monoisotopic (exact) mass is 215 g/mol. The molecule has 3 N–H and O–H groups in total. The highest BCUT2D eigenvalue weighted by molar-refractivity contribution is 6.36. The number of carboxylic acid groups (broad SMARTS) is 1. The van der Waals surface area contributed by atoms with Crippen molar-refractivity contribution >= 4 is 17.5 Å². The van der Waals surface area contributed by atoms with Crippen LogP contribution in [-0.2, 0) is 14.4 Å². The molecule has 2 atom stereocenters. The molecule has 5 heteroatoms. The highest BCUT2D eigenvalue weighted by Gasteiger charge is 2.21. The maximum Gasteiger partial charge on any atom is 0.320 e. The minimum absolute atomic E-state index is 0.0901. The van der Waals surface area contributed by atoms with Crippen molar-refractivity contribution < 1.29 is 19.5 Å². The fourth-order valence-corrected chi connectivity index (χ4v) is 1.26. The van der Waals surface area contributed by atoms with Crippen molar-refractivity contribution in [1.82, 2.24) is 0 Å². The Hall–Kier alpha value is -1.23. The molecule has 0 aliphatic rings. The summed E-state index contributed by atoms with van der Waals surface area (Å²) in [5.74, 6) is -2.16. The number of nitrogens with two attached hydrogens (primary N) is 1. The molecular formula is C10H17NO4. The summed E-state index contributed by atoms with van der Waals surface area (Å²) >= 11 is 0. The summed E-state index contributed by atoms with van der Waals surface area (Å²) in [6.07, 6.45) is 0.956. The third kappa shape index (κ3) is 5.27. The number of ketones is 2. The van der Waals surface area contributed by atoms with Gasteiger partial charge in [-0.3, -0.25) is 14.4 Å². The molecule has 0 heterocycles. The Morgan fingerprint density at radius 3 is 2.20 bits per heavy atom. The first-order valence-electron chi connectivity index (χ1n) is 4.90. The fraction of sp³-hybridized carbons (Fsp3) is 0.700. The lowest BCUT2D eigenvalue weighted by atomic mass is 9.91. The number of hydrogen-bond donors (Lipinski definition) is 2. The zero-order valence-electron chi connectivity index (χ0n) is 9.03. The minimum Gasteiger partial charge on any atom is -0.480 e. The number of hydrogen-bond acceptors (Lipinski definition) is 4. The van der Waals surface area contributed by atoms with Crippen LogP contribution < -0.4 is 5.73 Å². The van der Waals surface area contributed by atoms with E-state index >= 15 is 0 Å². The van der Waals surface area contributed by atoms with Crippen molar-refractivity contribution in [2.45, 2.75) is 39.2 Å². The first kappa shape index (κ1) is 13.8. The molecule has 0 bridgehead atoms. The number of carbonyl (C=O) groups excluding carboxylic acids is 2. The Bertz CT molecular complexity index is 262. The van der Waals surface area contributed by atoms with Crippen LogP contribution >= 0.6 is 0 Å². The van der Waals surface area contributed by atoms with E-state index in [4.69, 9.17) is 10.8 Å². The largest absolute Gasteiger partial charge is 0.480 e. The molecule has 0 fully saturated rings. The normalized spacial score (nSPS) is 14.3. The number of rotatable bonds is 7. The predicted molar refractivity (Wildman–Crippen MR) is 54.3 cm³/mol. The SMILES string of the molecule is CCC(CC(=O)C(C)=O)CC(N)C(=O)O. The van der Waals surface area contributed by atoms with Crippen LogP contribution in [0, 0.1) is 5.92 Å². The lowest BCUT2D eigenvalue weighted by molar-refractivity contribution is -0.139. The van der Waals surface area contributed by atoms with E-state index in [1.807, 2.05) is 6.92 Å². The Balaban J connectivity index is 4.20. The second-order valence-electron chi connectivity index (χ2n) is 3.64. The van der Waals surface area contributed by atoms with Gasteiger partial charge in [0.05, 0.1) is 0 Å². The van der Waals surface area contributed by atoms with Crippen LogP contribution in [0.25, 0.3) is 0 Å². The standard InChI is InChI=1S/C10H17NO4/c1-3-7(4-8(11)10(14)15)5-9(13)6(2)12/h7-8H,3-5,11H2,1-2H3,(H,14,15). The van der Waals surface area contributed by atoms with Crippen LogP contribution in [0.1, 0.15) is 33.1 Å². The Morgan fingerprint density at radius 1 is 1.33 bits per heavy atom. The van der Waals surface area contributed by atoms with Crippen LogP contribution in [0.3, 0.4) is 0 Å². The minimum atomic E-state index is -1.08. The molecule has 0 amide bonds. The number of carboxylic acids is 1. The van der Waals surface area contributed by atoms with Crippen molar-refractivity contribution in [3.63, 3.8) is 0 Å². The predicted octanol–water partition coefficient (Wildman–Crippen LogP) is 0.363. The van der Waals surface area contributed by atoms with Gasteiger partial charge in [0.25, 0.3) is 0 Å². The van der Waals surface area contributed by atoms with Crippen LogP contribution in [0.5, 0.6) is 0 Å². The molecule has 5 nitrogen and oxygen atoms in total. The molecule has 86 valence electrons. The molecule has 15 heavy (non-hydrogen) atoms. The lowest BCUT2D eigenvalue weighted by Crippen LogP contribution is -2.33. The molecule has 0 spiro atoms. The summed E-state index contributed by atoms with van der Waals surface area (Å²) < 4.78 is 0. The van der Waals surface area contributed by atoms with Gasteiger partial charge < -0.3 is 10.8 Å². The summed E-state index contributed by atoms with van der Waals surface area (Å²) in [7, 11) is 0. The van der Waals surface area contributed by atoms with Gasteiger partial charge in [-0.1, -0.05) is 13.3 Å². The summed E-state index contributed by atoms with van der Waals surface area (Å²) in [6.45, 7) is 3.05. The zero-order valence-corrected chi connectivity index (χ0v) is 9.03. The maximum atomic E-state index is 11.1. The quantitative estimate of drug-likeness (QED) is 0.598. The van der Waals surface area contributed by atoms with Crippen LogP contribution in [-0.4, -0.2) is 28.7 Å². The average molecular weight is 215 g/mol. The van der Waals surface area contributed by atoms with Gasteiger partial charge in [0.15, 0.2) is 11.6 Å². The van der Waals surface area contributed by atoms with Gasteiger partial charge in [-0.15, -0.1) is 0 Å². The van der Waals surface area contributed by atoms with E-state index in [-0.39, 0.29) is 18.8 Å². The van der Waals surface area contributed by atoms with E-state index in [0.717, 1.165) is 0 Å². The van der Waals surface area contributed by atoms with E-state index in [1.165, 1.54) is 6.92 Å². The Labute approximate surface area is 88.6 Å². The first-order valence-corrected chi connectivity index (χ1v) is 4.90. The molecule has 0 rings (SSSR count). The molecule has 0 aliphatic carbocycles. The van der Waals surface area contributed by atoms with E-state index < -0.39 is 23.6 Å². The van der Waals surface area contributed by atoms with Gasteiger partial charge in [-0.25, -0.2) is 0 Å². The molecule has 0 aromatic rings. The Kier molecular flexibility index (Phi) is 5.77. The number of aliphatic carboxylic acids is 1. The fourth-order valence-electron chi connectivity index (χ4n) is 1.26. The summed E-state index contributed by atoms with van der Waals surface area (Å²) in [5, 5.41) is 8.59. The smallest absolute Gasteiger partial charge is 0.320 e.